The second-order valence-corrected chi connectivity index (χ2v) is 24.2. The SMILES string of the molecule is C[PH]1(C)CC[PH]2(c3ccccc3)CC[PH](C)(C)C12. The Morgan fingerprint density at radius 3 is 1.78 bits per heavy atom. The number of benzene rings is 1. The summed E-state index contributed by atoms with van der Waals surface area (Å²) in [5, 5.41) is 3.06. The quantitative estimate of drug-likeness (QED) is 0.698. The van der Waals surface area contributed by atoms with Gasteiger partial charge in [-0.15, -0.1) is 0 Å². The van der Waals surface area contributed by atoms with Crippen molar-refractivity contribution in [2.24, 2.45) is 0 Å². The summed E-state index contributed by atoms with van der Waals surface area (Å²) in [6, 6.07) is 11.7. The summed E-state index contributed by atoms with van der Waals surface area (Å²) in [6.07, 6.45) is 6.49. The van der Waals surface area contributed by atoms with Gasteiger partial charge in [0.25, 0.3) is 0 Å². The van der Waals surface area contributed by atoms with E-state index in [1.54, 1.807) is 24.6 Å². The molecule has 0 saturated carbocycles. The Bertz CT molecular complexity index is 430. The Kier molecular flexibility index (Phi) is 3.19. The van der Waals surface area contributed by atoms with Gasteiger partial charge in [-0.25, -0.2) is 0 Å². The van der Waals surface area contributed by atoms with Gasteiger partial charge in [0.15, 0.2) is 0 Å². The molecule has 1 aromatic carbocycles. The van der Waals surface area contributed by atoms with Crippen LogP contribution in [0.4, 0.5) is 0 Å². The third-order valence-corrected chi connectivity index (χ3v) is 30.7. The van der Waals surface area contributed by atoms with E-state index in [1.165, 1.54) is 5.14 Å². The predicted molar refractivity (Wildman–Crippen MR) is 98.0 cm³/mol. The Morgan fingerprint density at radius 1 is 0.778 bits per heavy atom. The van der Waals surface area contributed by atoms with Crippen LogP contribution in [0, 0.1) is 0 Å². The van der Waals surface area contributed by atoms with Crippen LogP contribution < -0.4 is 5.30 Å². The van der Waals surface area contributed by atoms with E-state index in [2.05, 4.69) is 57.0 Å². The van der Waals surface area contributed by atoms with Gasteiger partial charge in [0.1, 0.15) is 0 Å². The molecule has 0 aliphatic carbocycles. The summed E-state index contributed by atoms with van der Waals surface area (Å²) in [6.45, 7) is 10.8. The zero-order valence-corrected chi connectivity index (χ0v) is 15.3. The molecule has 18 heavy (non-hydrogen) atoms. The third kappa shape index (κ3) is 1.84. The van der Waals surface area contributed by atoms with Crippen molar-refractivity contribution in [3.8, 4) is 0 Å². The minimum absolute atomic E-state index is 0.937. The van der Waals surface area contributed by atoms with Crippen LogP contribution in [0.3, 0.4) is 0 Å². The second kappa shape index (κ2) is 4.25. The van der Waals surface area contributed by atoms with Crippen LogP contribution in [0.5, 0.6) is 0 Å². The first-order chi connectivity index (χ1) is 8.39. The molecule has 0 aromatic heterocycles. The zero-order valence-electron chi connectivity index (χ0n) is 12.3. The molecule has 2 aliphatic heterocycles. The normalized spacial score (nSPS) is 36.6. The molecule has 2 saturated heterocycles. The molecule has 2 fully saturated rings. The first-order valence-electron chi connectivity index (χ1n) is 7.44. The fourth-order valence-corrected chi connectivity index (χ4v) is 42.4. The Labute approximate surface area is 114 Å². The van der Waals surface area contributed by atoms with Gasteiger partial charge in [-0.1, -0.05) is 0 Å². The van der Waals surface area contributed by atoms with E-state index in [1.807, 2.05) is 5.30 Å². The van der Waals surface area contributed by atoms with Gasteiger partial charge < -0.3 is 0 Å². The maximum atomic E-state index is 2.70. The van der Waals surface area contributed by atoms with Gasteiger partial charge in [-0.3, -0.25) is 0 Å². The fourth-order valence-electron chi connectivity index (χ4n) is 5.57. The molecule has 0 nitrogen and oxygen atoms in total. The third-order valence-electron chi connectivity index (χ3n) is 5.90. The van der Waals surface area contributed by atoms with Crippen molar-refractivity contribution < 1.29 is 0 Å². The van der Waals surface area contributed by atoms with Crippen molar-refractivity contribution in [2.45, 2.75) is 5.14 Å². The average molecular weight is 302 g/mol. The average Bonchev–Trinajstić information content (AvgIpc) is 2.77. The van der Waals surface area contributed by atoms with Crippen LogP contribution in [0.15, 0.2) is 30.3 Å². The van der Waals surface area contributed by atoms with Crippen molar-refractivity contribution in [1.29, 1.82) is 0 Å². The standard InChI is InChI=1S/C15H29P3/c1-16(2)10-12-18(14-8-6-5-7-9-14)13-11-17(3,4)15(16)18/h5-9,15-18H,10-13H2,1-4H3. The minimum atomic E-state index is -1.12. The molecular weight excluding hydrogens is 273 g/mol. The van der Waals surface area contributed by atoms with Crippen LogP contribution in [0.1, 0.15) is 0 Å². The molecule has 2 heterocycles. The van der Waals surface area contributed by atoms with Gasteiger partial charge in [0.05, 0.1) is 0 Å². The fraction of sp³-hybridized carbons (Fsp3) is 0.600. The van der Waals surface area contributed by atoms with Crippen molar-refractivity contribution in [2.75, 3.05) is 51.3 Å². The van der Waals surface area contributed by atoms with Crippen molar-refractivity contribution in [1.82, 2.24) is 0 Å². The number of hydrogen-bond donors (Lipinski definition) is 0. The van der Waals surface area contributed by atoms with Gasteiger partial charge in [-0.05, 0) is 0 Å². The molecule has 0 unspecified atom stereocenters. The molecule has 0 atom stereocenters. The maximum absolute atomic E-state index is 2.70. The van der Waals surface area contributed by atoms with Crippen molar-refractivity contribution in [3.63, 3.8) is 0 Å². The molecule has 2 aliphatic rings. The number of rotatable bonds is 1. The monoisotopic (exact) mass is 302 g/mol. The molecule has 0 amide bonds. The first kappa shape index (κ1) is 13.5. The Balaban J connectivity index is 2.12. The van der Waals surface area contributed by atoms with Gasteiger partial charge in [-0.2, -0.15) is 0 Å². The summed E-state index contributed by atoms with van der Waals surface area (Å²) < 4.78 is 0. The zero-order chi connectivity index (χ0) is 13.0. The molecule has 0 N–H and O–H groups in total. The van der Waals surface area contributed by atoms with Crippen molar-refractivity contribution >= 4 is 27.1 Å². The van der Waals surface area contributed by atoms with Gasteiger partial charge in [0, 0.05) is 0 Å². The van der Waals surface area contributed by atoms with Crippen LogP contribution in [0.25, 0.3) is 0 Å². The summed E-state index contributed by atoms with van der Waals surface area (Å²) in [4.78, 5) is 0. The van der Waals surface area contributed by atoms with E-state index >= 15 is 0 Å². The van der Waals surface area contributed by atoms with Crippen molar-refractivity contribution in [3.05, 3.63) is 30.3 Å². The molecule has 104 valence electrons. The molecule has 3 heteroatoms. The van der Waals surface area contributed by atoms with Crippen LogP contribution in [-0.2, 0) is 0 Å². The molecule has 0 spiro atoms. The van der Waals surface area contributed by atoms with E-state index in [9.17, 15) is 0 Å². The molecule has 0 bridgehead atoms. The summed E-state index contributed by atoms with van der Waals surface area (Å²) >= 11 is 0. The molecule has 0 radical (unpaired) electrons. The predicted octanol–water partition coefficient (Wildman–Crippen LogP) is 3.39. The van der Waals surface area contributed by atoms with Gasteiger partial charge in [0.2, 0.25) is 0 Å². The first-order valence-corrected chi connectivity index (χ1v) is 16.5. The summed E-state index contributed by atoms with van der Waals surface area (Å²) in [5.74, 6) is 0. The van der Waals surface area contributed by atoms with E-state index in [0.29, 0.717) is 0 Å². The van der Waals surface area contributed by atoms with Gasteiger partial charge >= 0.3 is 114 Å². The molecule has 3 rings (SSSR count). The van der Waals surface area contributed by atoms with E-state index in [0.717, 1.165) is 0 Å². The topological polar surface area (TPSA) is 0 Å². The number of fused-ring (bicyclic) bond motifs is 1. The Morgan fingerprint density at radius 2 is 1.28 bits per heavy atom. The molecule has 1 aromatic rings. The van der Waals surface area contributed by atoms with E-state index < -0.39 is 21.8 Å². The van der Waals surface area contributed by atoms with E-state index in [-0.39, 0.29) is 0 Å². The van der Waals surface area contributed by atoms with Crippen LogP contribution in [0.2, 0.25) is 0 Å². The van der Waals surface area contributed by atoms with Crippen LogP contribution >= 0.6 is 21.8 Å². The Hall–Kier alpha value is 0.510. The molecular formula is C15H29P3. The van der Waals surface area contributed by atoms with Crippen LogP contribution in [-0.4, -0.2) is 56.4 Å². The van der Waals surface area contributed by atoms with E-state index in [4.69, 9.17) is 0 Å². The number of hydrogen-bond acceptors (Lipinski definition) is 0. The second-order valence-electron chi connectivity index (χ2n) is 7.93. The summed E-state index contributed by atoms with van der Waals surface area (Å²) in [7, 11) is -3.00. The summed E-state index contributed by atoms with van der Waals surface area (Å²) in [5.41, 5.74) is 0.